The molecule has 1 aliphatic rings. The van der Waals surface area contributed by atoms with Crippen LogP contribution < -0.4 is 5.32 Å². The van der Waals surface area contributed by atoms with Crippen LogP contribution in [0, 0.1) is 11.7 Å². The minimum Gasteiger partial charge on any atom is -0.383 e. The van der Waals surface area contributed by atoms with Crippen LogP contribution in [0.4, 0.5) is 9.52 Å². The van der Waals surface area contributed by atoms with Crippen LogP contribution in [0.1, 0.15) is 6.42 Å². The first kappa shape index (κ1) is 17.0. The number of amides is 1. The number of hydrogen-bond donors (Lipinski definition) is 1. The molecule has 0 spiro atoms. The summed E-state index contributed by atoms with van der Waals surface area (Å²) in [4.78, 5) is 19.0. The number of nitrogens with one attached hydrogen (secondary N) is 1. The molecule has 1 atom stereocenters. The minimum absolute atomic E-state index is 0.00919. The maximum atomic E-state index is 13.0. The van der Waals surface area contributed by atoms with Gasteiger partial charge in [0.15, 0.2) is 5.13 Å². The van der Waals surface area contributed by atoms with E-state index >= 15 is 0 Å². The summed E-state index contributed by atoms with van der Waals surface area (Å²) in [6.07, 6.45) is 0.853. The van der Waals surface area contributed by atoms with Gasteiger partial charge in [-0.1, -0.05) is 0 Å². The van der Waals surface area contributed by atoms with Gasteiger partial charge in [-0.3, -0.25) is 4.79 Å². The van der Waals surface area contributed by atoms with E-state index in [2.05, 4.69) is 15.2 Å². The molecule has 2 aromatic rings. The van der Waals surface area contributed by atoms with E-state index in [1.54, 1.807) is 19.2 Å². The van der Waals surface area contributed by atoms with Gasteiger partial charge in [-0.2, -0.15) is 0 Å². The van der Waals surface area contributed by atoms with Crippen molar-refractivity contribution in [1.82, 2.24) is 9.88 Å². The highest BCUT2D eigenvalue weighted by molar-refractivity contribution is 7.14. The highest BCUT2D eigenvalue weighted by atomic mass is 32.1. The average Bonchev–Trinajstić information content (AvgIpc) is 3.23. The van der Waals surface area contributed by atoms with Gasteiger partial charge in [-0.15, -0.1) is 11.3 Å². The molecule has 1 aliphatic heterocycles. The highest BCUT2D eigenvalue weighted by Crippen LogP contribution is 2.26. The van der Waals surface area contributed by atoms with Crippen LogP contribution in [-0.4, -0.2) is 49.1 Å². The van der Waals surface area contributed by atoms with Gasteiger partial charge in [0.25, 0.3) is 0 Å². The zero-order valence-electron chi connectivity index (χ0n) is 13.5. The van der Waals surface area contributed by atoms with Gasteiger partial charge < -0.3 is 15.0 Å². The number of hydrogen-bond acceptors (Lipinski definition) is 5. The van der Waals surface area contributed by atoms with Crippen molar-refractivity contribution in [1.29, 1.82) is 0 Å². The second-order valence-electron chi connectivity index (χ2n) is 5.81. The van der Waals surface area contributed by atoms with Crippen molar-refractivity contribution < 1.29 is 13.9 Å². The molecular weight excluding hydrogens is 329 g/mol. The Hall–Kier alpha value is -1.83. The standard InChI is InChI=1S/C17H20FN3O2S/c1-23-9-8-21-7-6-13(10-21)16(22)20-17-19-15(11-24-17)12-2-4-14(18)5-3-12/h2-5,11,13H,6-10H2,1H3,(H,19,20,22). The van der Waals surface area contributed by atoms with E-state index in [1.165, 1.54) is 23.5 Å². The van der Waals surface area contributed by atoms with Gasteiger partial charge in [0.1, 0.15) is 5.82 Å². The monoisotopic (exact) mass is 349 g/mol. The first-order chi connectivity index (χ1) is 11.7. The van der Waals surface area contributed by atoms with Crippen LogP contribution >= 0.6 is 11.3 Å². The van der Waals surface area contributed by atoms with E-state index in [0.29, 0.717) is 11.7 Å². The first-order valence-electron chi connectivity index (χ1n) is 7.89. The molecule has 1 aromatic heterocycles. The third kappa shape index (κ3) is 4.17. The van der Waals surface area contributed by atoms with Crippen molar-refractivity contribution in [2.45, 2.75) is 6.42 Å². The highest BCUT2D eigenvalue weighted by Gasteiger charge is 2.28. The Balaban J connectivity index is 1.57. The lowest BCUT2D eigenvalue weighted by atomic mass is 10.1. The Kier molecular flexibility index (Phi) is 5.55. The summed E-state index contributed by atoms with van der Waals surface area (Å²) in [5.74, 6) is -0.281. The summed E-state index contributed by atoms with van der Waals surface area (Å²) in [7, 11) is 1.68. The zero-order valence-corrected chi connectivity index (χ0v) is 14.3. The summed E-state index contributed by atoms with van der Waals surface area (Å²) in [5.41, 5.74) is 1.57. The van der Waals surface area contributed by atoms with Crippen molar-refractivity contribution in [3.63, 3.8) is 0 Å². The average molecular weight is 349 g/mol. The third-order valence-corrected chi connectivity index (χ3v) is 4.89. The number of rotatable bonds is 6. The Morgan fingerprint density at radius 2 is 2.25 bits per heavy atom. The van der Waals surface area contributed by atoms with Crippen molar-refractivity contribution in [2.24, 2.45) is 5.92 Å². The fourth-order valence-electron chi connectivity index (χ4n) is 2.76. The smallest absolute Gasteiger partial charge is 0.230 e. The van der Waals surface area contributed by atoms with Crippen molar-refractivity contribution in [3.8, 4) is 11.3 Å². The second kappa shape index (κ2) is 7.83. The van der Waals surface area contributed by atoms with Crippen molar-refractivity contribution in [2.75, 3.05) is 38.7 Å². The van der Waals surface area contributed by atoms with Gasteiger partial charge in [0, 0.05) is 31.1 Å². The van der Waals surface area contributed by atoms with E-state index in [-0.39, 0.29) is 17.6 Å². The largest absolute Gasteiger partial charge is 0.383 e. The van der Waals surface area contributed by atoms with Crippen LogP contribution in [0.3, 0.4) is 0 Å². The van der Waals surface area contributed by atoms with Crippen LogP contribution in [0.2, 0.25) is 0 Å². The summed E-state index contributed by atoms with van der Waals surface area (Å²) in [5, 5.41) is 5.34. The molecule has 5 nitrogen and oxygen atoms in total. The lowest BCUT2D eigenvalue weighted by Crippen LogP contribution is -2.29. The molecule has 0 aliphatic carbocycles. The molecule has 128 valence electrons. The fourth-order valence-corrected chi connectivity index (χ4v) is 3.48. The van der Waals surface area contributed by atoms with E-state index in [1.807, 2.05) is 5.38 Å². The SMILES string of the molecule is COCCN1CCC(C(=O)Nc2nc(-c3ccc(F)cc3)cs2)C1. The van der Waals surface area contributed by atoms with E-state index in [9.17, 15) is 9.18 Å². The van der Waals surface area contributed by atoms with Crippen LogP contribution in [-0.2, 0) is 9.53 Å². The Morgan fingerprint density at radius 1 is 1.46 bits per heavy atom. The molecular formula is C17H20FN3O2S. The molecule has 24 heavy (non-hydrogen) atoms. The summed E-state index contributed by atoms with van der Waals surface area (Å²) >= 11 is 1.38. The summed E-state index contributed by atoms with van der Waals surface area (Å²) in [6, 6.07) is 6.17. The maximum Gasteiger partial charge on any atom is 0.230 e. The van der Waals surface area contributed by atoms with E-state index in [4.69, 9.17) is 4.74 Å². The number of carbonyl (C=O) groups is 1. The molecule has 1 unspecified atom stereocenters. The molecule has 1 aromatic carbocycles. The molecule has 1 amide bonds. The first-order valence-corrected chi connectivity index (χ1v) is 8.77. The Bertz CT molecular complexity index is 689. The molecule has 2 heterocycles. The Morgan fingerprint density at radius 3 is 3.00 bits per heavy atom. The number of benzene rings is 1. The lowest BCUT2D eigenvalue weighted by molar-refractivity contribution is -0.119. The van der Waals surface area contributed by atoms with Crippen LogP contribution in [0.15, 0.2) is 29.6 Å². The number of ether oxygens (including phenoxy) is 1. The Labute approximate surface area is 144 Å². The van der Waals surface area contributed by atoms with Crippen LogP contribution in [0.25, 0.3) is 11.3 Å². The van der Waals surface area contributed by atoms with E-state index < -0.39 is 0 Å². The number of anilines is 1. The fraction of sp³-hybridized carbons (Fsp3) is 0.412. The van der Waals surface area contributed by atoms with E-state index in [0.717, 1.165) is 37.3 Å². The molecule has 7 heteroatoms. The third-order valence-electron chi connectivity index (χ3n) is 4.13. The number of thiazole rings is 1. The van der Waals surface area contributed by atoms with Gasteiger partial charge >= 0.3 is 0 Å². The number of nitrogens with zero attached hydrogens (tertiary/aromatic N) is 2. The van der Waals surface area contributed by atoms with Gasteiger partial charge in [0.2, 0.25) is 5.91 Å². The lowest BCUT2D eigenvalue weighted by Gasteiger charge is -2.14. The molecule has 0 saturated carbocycles. The number of halogens is 1. The normalized spacial score (nSPS) is 18.0. The van der Waals surface area contributed by atoms with Crippen molar-refractivity contribution >= 4 is 22.4 Å². The van der Waals surface area contributed by atoms with Gasteiger partial charge in [0.05, 0.1) is 18.2 Å². The maximum absolute atomic E-state index is 13.0. The minimum atomic E-state index is -0.276. The summed E-state index contributed by atoms with van der Waals surface area (Å²) < 4.78 is 18.0. The second-order valence-corrected chi connectivity index (χ2v) is 6.67. The molecule has 1 N–H and O–H groups in total. The summed E-state index contributed by atoms with van der Waals surface area (Å²) in [6.45, 7) is 3.21. The number of aromatic nitrogens is 1. The number of likely N-dealkylation sites (tertiary alicyclic amines) is 1. The van der Waals surface area contributed by atoms with Gasteiger partial charge in [-0.05, 0) is 37.2 Å². The molecule has 1 saturated heterocycles. The zero-order chi connectivity index (χ0) is 16.9. The predicted molar refractivity (Wildman–Crippen MR) is 92.6 cm³/mol. The van der Waals surface area contributed by atoms with Gasteiger partial charge in [-0.25, -0.2) is 9.37 Å². The van der Waals surface area contributed by atoms with Crippen molar-refractivity contribution in [3.05, 3.63) is 35.5 Å². The molecule has 0 bridgehead atoms. The number of methoxy groups -OCH3 is 1. The molecule has 0 radical (unpaired) electrons. The predicted octanol–water partition coefficient (Wildman–Crippen LogP) is 2.86. The quantitative estimate of drug-likeness (QED) is 0.871. The topological polar surface area (TPSA) is 54.5 Å². The molecule has 1 fully saturated rings. The molecule has 3 rings (SSSR count). The van der Waals surface area contributed by atoms with Crippen LogP contribution in [0.5, 0.6) is 0 Å². The number of carbonyl (C=O) groups excluding carboxylic acids is 1.